The molecule has 1 aromatic carbocycles. The summed E-state index contributed by atoms with van der Waals surface area (Å²) < 4.78 is 13.1. The maximum Gasteiger partial charge on any atom is 0.123 e. The van der Waals surface area contributed by atoms with E-state index < -0.39 is 0 Å². The van der Waals surface area contributed by atoms with E-state index in [0.717, 1.165) is 18.5 Å². The van der Waals surface area contributed by atoms with Crippen LogP contribution in [-0.2, 0) is 6.42 Å². The van der Waals surface area contributed by atoms with Crippen LogP contribution in [0.2, 0.25) is 0 Å². The van der Waals surface area contributed by atoms with Crippen LogP contribution in [0, 0.1) is 5.82 Å². The predicted octanol–water partition coefficient (Wildman–Crippen LogP) is 3.22. The smallest absolute Gasteiger partial charge is 0.123 e. The molecule has 20 heavy (non-hydrogen) atoms. The lowest BCUT2D eigenvalue weighted by molar-refractivity contribution is 0.229. The van der Waals surface area contributed by atoms with Crippen molar-refractivity contribution in [3.63, 3.8) is 0 Å². The average Bonchev–Trinajstić information content (AvgIpc) is 2.64. The zero-order valence-corrected chi connectivity index (χ0v) is 12.7. The maximum atomic E-state index is 13.1. The summed E-state index contributed by atoms with van der Waals surface area (Å²) in [5.74, 6) is -0.135. The molecule has 2 rings (SSSR count). The fourth-order valence-corrected chi connectivity index (χ4v) is 2.95. The van der Waals surface area contributed by atoms with Crippen LogP contribution in [0.3, 0.4) is 0 Å². The van der Waals surface area contributed by atoms with Crippen LogP contribution >= 0.6 is 0 Å². The molecule has 1 aliphatic rings. The van der Waals surface area contributed by atoms with Crippen molar-refractivity contribution in [2.75, 3.05) is 19.6 Å². The molecule has 0 saturated carbocycles. The minimum absolute atomic E-state index is 0.135. The molecule has 0 bridgehead atoms. The average molecular weight is 278 g/mol. The molecule has 1 fully saturated rings. The first-order valence-corrected chi connectivity index (χ1v) is 7.87. The van der Waals surface area contributed by atoms with E-state index in [0.29, 0.717) is 12.1 Å². The van der Waals surface area contributed by atoms with E-state index in [-0.39, 0.29) is 5.82 Å². The summed E-state index contributed by atoms with van der Waals surface area (Å²) in [5, 5.41) is 3.64. The minimum atomic E-state index is -0.135. The van der Waals surface area contributed by atoms with Crippen LogP contribution in [0.5, 0.6) is 0 Å². The molecule has 1 atom stereocenters. The van der Waals surface area contributed by atoms with Gasteiger partial charge in [-0.25, -0.2) is 4.39 Å². The molecule has 0 amide bonds. The molecule has 2 nitrogen and oxygen atoms in total. The number of rotatable bonds is 5. The van der Waals surface area contributed by atoms with Crippen LogP contribution in [0.1, 0.15) is 38.7 Å². The topological polar surface area (TPSA) is 15.3 Å². The van der Waals surface area contributed by atoms with Gasteiger partial charge in [0.1, 0.15) is 5.82 Å². The van der Waals surface area contributed by atoms with Crippen molar-refractivity contribution in [1.82, 2.24) is 10.2 Å². The van der Waals surface area contributed by atoms with Crippen LogP contribution < -0.4 is 5.32 Å². The van der Waals surface area contributed by atoms with E-state index in [1.54, 1.807) is 12.1 Å². The van der Waals surface area contributed by atoms with Gasteiger partial charge in [-0.3, -0.25) is 0 Å². The third kappa shape index (κ3) is 4.88. The Labute approximate surface area is 122 Å². The quantitative estimate of drug-likeness (QED) is 0.889. The SMILES string of the molecule is CC(C)N1CCCC(NCCc2cccc(F)c2)CC1. The van der Waals surface area contributed by atoms with Crippen LogP contribution in [0.25, 0.3) is 0 Å². The monoisotopic (exact) mass is 278 g/mol. The van der Waals surface area contributed by atoms with Crippen molar-refractivity contribution in [1.29, 1.82) is 0 Å². The minimum Gasteiger partial charge on any atom is -0.314 e. The lowest BCUT2D eigenvalue weighted by atomic mass is 10.1. The first-order valence-electron chi connectivity index (χ1n) is 7.87. The van der Waals surface area contributed by atoms with E-state index in [4.69, 9.17) is 0 Å². The first kappa shape index (κ1) is 15.5. The molecule has 1 N–H and O–H groups in total. The molecule has 112 valence electrons. The Morgan fingerprint density at radius 3 is 2.90 bits per heavy atom. The Kier molecular flexibility index (Phi) is 5.99. The lowest BCUT2D eigenvalue weighted by Crippen LogP contribution is -2.34. The molecule has 1 unspecified atom stereocenters. The van der Waals surface area contributed by atoms with Gasteiger partial charge in [-0.1, -0.05) is 12.1 Å². The van der Waals surface area contributed by atoms with E-state index in [1.165, 1.54) is 38.4 Å². The second kappa shape index (κ2) is 7.75. The summed E-state index contributed by atoms with van der Waals surface area (Å²) in [4.78, 5) is 2.56. The Balaban J connectivity index is 1.72. The summed E-state index contributed by atoms with van der Waals surface area (Å²) in [6, 6.07) is 8.20. The van der Waals surface area contributed by atoms with Gasteiger partial charge in [-0.2, -0.15) is 0 Å². The van der Waals surface area contributed by atoms with Gasteiger partial charge in [-0.05, 0) is 76.9 Å². The van der Waals surface area contributed by atoms with Gasteiger partial charge in [0.2, 0.25) is 0 Å². The largest absolute Gasteiger partial charge is 0.314 e. The molecule has 1 saturated heterocycles. The number of hydrogen-bond acceptors (Lipinski definition) is 2. The first-order chi connectivity index (χ1) is 9.65. The third-order valence-corrected chi connectivity index (χ3v) is 4.23. The fourth-order valence-electron chi connectivity index (χ4n) is 2.95. The second-order valence-electron chi connectivity index (χ2n) is 6.09. The Morgan fingerprint density at radius 2 is 2.15 bits per heavy atom. The van der Waals surface area contributed by atoms with Crippen molar-refractivity contribution < 1.29 is 4.39 Å². The van der Waals surface area contributed by atoms with Gasteiger partial charge in [0.25, 0.3) is 0 Å². The van der Waals surface area contributed by atoms with E-state index in [1.807, 2.05) is 6.07 Å². The Hall–Kier alpha value is -0.930. The Bertz CT molecular complexity index is 406. The molecule has 0 aromatic heterocycles. The zero-order valence-electron chi connectivity index (χ0n) is 12.7. The number of likely N-dealkylation sites (tertiary alicyclic amines) is 1. The molecular formula is C17H27FN2. The highest BCUT2D eigenvalue weighted by molar-refractivity contribution is 5.16. The van der Waals surface area contributed by atoms with Crippen molar-refractivity contribution in [2.24, 2.45) is 0 Å². The predicted molar refractivity (Wildman–Crippen MR) is 82.5 cm³/mol. The summed E-state index contributed by atoms with van der Waals surface area (Å²) in [6.45, 7) is 7.90. The van der Waals surface area contributed by atoms with E-state index >= 15 is 0 Å². The number of benzene rings is 1. The summed E-state index contributed by atoms with van der Waals surface area (Å²) in [5.41, 5.74) is 1.08. The lowest BCUT2D eigenvalue weighted by Gasteiger charge is -2.24. The zero-order chi connectivity index (χ0) is 14.4. The van der Waals surface area contributed by atoms with Crippen molar-refractivity contribution in [3.05, 3.63) is 35.6 Å². The number of halogens is 1. The molecule has 0 aliphatic carbocycles. The van der Waals surface area contributed by atoms with Gasteiger partial charge < -0.3 is 10.2 Å². The molecule has 3 heteroatoms. The molecule has 1 aliphatic heterocycles. The highest BCUT2D eigenvalue weighted by Gasteiger charge is 2.17. The molecule has 1 aromatic rings. The van der Waals surface area contributed by atoms with Crippen molar-refractivity contribution in [2.45, 2.75) is 51.6 Å². The van der Waals surface area contributed by atoms with Crippen molar-refractivity contribution >= 4 is 0 Å². The molecule has 1 heterocycles. The third-order valence-electron chi connectivity index (χ3n) is 4.23. The fraction of sp³-hybridized carbons (Fsp3) is 0.647. The van der Waals surface area contributed by atoms with E-state index in [2.05, 4.69) is 24.1 Å². The highest BCUT2D eigenvalue weighted by atomic mass is 19.1. The van der Waals surface area contributed by atoms with Gasteiger partial charge in [0.15, 0.2) is 0 Å². The highest BCUT2D eigenvalue weighted by Crippen LogP contribution is 2.13. The summed E-state index contributed by atoms with van der Waals surface area (Å²) in [6.07, 6.45) is 4.66. The normalized spacial score (nSPS) is 21.1. The van der Waals surface area contributed by atoms with Crippen molar-refractivity contribution in [3.8, 4) is 0 Å². The standard InChI is InChI=1S/C17H27FN2/c1-14(2)20-11-4-7-17(9-12-20)19-10-8-15-5-3-6-16(18)13-15/h3,5-6,13-14,17,19H,4,7-12H2,1-2H3. The van der Waals surface area contributed by atoms with Gasteiger partial charge in [0, 0.05) is 12.1 Å². The molecule has 0 radical (unpaired) electrons. The number of nitrogens with one attached hydrogen (secondary N) is 1. The van der Waals surface area contributed by atoms with E-state index in [9.17, 15) is 4.39 Å². The van der Waals surface area contributed by atoms with Gasteiger partial charge in [-0.15, -0.1) is 0 Å². The molecule has 0 spiro atoms. The Morgan fingerprint density at radius 1 is 1.30 bits per heavy atom. The maximum absolute atomic E-state index is 13.1. The van der Waals surface area contributed by atoms with Crippen LogP contribution in [0.15, 0.2) is 24.3 Å². The van der Waals surface area contributed by atoms with Crippen LogP contribution in [-0.4, -0.2) is 36.6 Å². The second-order valence-corrected chi connectivity index (χ2v) is 6.09. The number of hydrogen-bond donors (Lipinski definition) is 1. The van der Waals surface area contributed by atoms with Gasteiger partial charge in [0.05, 0.1) is 0 Å². The van der Waals surface area contributed by atoms with Gasteiger partial charge >= 0.3 is 0 Å². The number of nitrogens with zero attached hydrogens (tertiary/aromatic N) is 1. The molecular weight excluding hydrogens is 251 g/mol. The summed E-state index contributed by atoms with van der Waals surface area (Å²) >= 11 is 0. The summed E-state index contributed by atoms with van der Waals surface area (Å²) in [7, 11) is 0. The van der Waals surface area contributed by atoms with Crippen LogP contribution in [0.4, 0.5) is 4.39 Å².